The van der Waals surface area contributed by atoms with Crippen LogP contribution >= 0.6 is 11.8 Å². The summed E-state index contributed by atoms with van der Waals surface area (Å²) in [5, 5.41) is 12.2. The van der Waals surface area contributed by atoms with Gasteiger partial charge in [0.25, 0.3) is 5.91 Å². The Kier molecular flexibility index (Phi) is 5.96. The van der Waals surface area contributed by atoms with Gasteiger partial charge in [-0.3, -0.25) is 4.79 Å². The zero-order valence-corrected chi connectivity index (χ0v) is 17.1. The van der Waals surface area contributed by atoms with Crippen LogP contribution in [-0.4, -0.2) is 55.9 Å². The van der Waals surface area contributed by atoms with Crippen LogP contribution in [0, 0.1) is 11.3 Å². The maximum Gasteiger partial charge on any atom is 0.263 e. The SMILES string of the molecule is CCNC(=O)/C(C#N)=C/N=C1S[C@@H]2CS(=O)(=O)C[C@@H]2N1c1ccc(OC)cc1. The molecule has 1 aromatic carbocycles. The average Bonchev–Trinajstić information content (AvgIpc) is 3.13. The first-order valence-electron chi connectivity index (χ1n) is 8.65. The Morgan fingerprint density at radius 1 is 1.43 bits per heavy atom. The molecule has 0 saturated carbocycles. The normalized spacial score (nSPS) is 24.7. The standard InChI is InChI=1S/C18H20N4O4S2/c1-3-20-17(23)12(8-19)9-21-18-22(13-4-6-14(26-2)7-5-13)15-10-28(24,25)11-16(15)27-18/h4-7,9,15-16H,3,10-11H2,1-2H3,(H,20,23)/b12-9+,21-18?/t15-,16+/m0/s1. The molecule has 28 heavy (non-hydrogen) atoms. The van der Waals surface area contributed by atoms with Crippen LogP contribution in [0.1, 0.15) is 6.92 Å². The Morgan fingerprint density at radius 2 is 2.14 bits per heavy atom. The van der Waals surface area contributed by atoms with Gasteiger partial charge < -0.3 is 15.0 Å². The summed E-state index contributed by atoms with van der Waals surface area (Å²) < 4.78 is 29.4. The number of nitriles is 1. The summed E-state index contributed by atoms with van der Waals surface area (Å²) in [6.45, 7) is 2.17. The molecule has 3 rings (SSSR count). The van der Waals surface area contributed by atoms with Crippen molar-refractivity contribution in [1.29, 1.82) is 5.26 Å². The number of nitrogens with one attached hydrogen (secondary N) is 1. The molecule has 0 unspecified atom stereocenters. The van der Waals surface area contributed by atoms with Gasteiger partial charge in [-0.1, -0.05) is 11.8 Å². The highest BCUT2D eigenvalue weighted by Crippen LogP contribution is 2.41. The first-order valence-corrected chi connectivity index (χ1v) is 11.3. The Balaban J connectivity index is 1.97. The van der Waals surface area contributed by atoms with Crippen LogP contribution in [0.25, 0.3) is 0 Å². The van der Waals surface area contributed by atoms with Gasteiger partial charge in [0, 0.05) is 17.5 Å². The van der Waals surface area contributed by atoms with E-state index in [2.05, 4.69) is 10.3 Å². The molecule has 0 aliphatic carbocycles. The Bertz CT molecular complexity index is 964. The number of nitrogens with zero attached hydrogens (tertiary/aromatic N) is 3. The first kappa shape index (κ1) is 20.2. The average molecular weight is 421 g/mol. The molecule has 1 amide bonds. The van der Waals surface area contributed by atoms with E-state index in [9.17, 15) is 18.5 Å². The van der Waals surface area contributed by atoms with Gasteiger partial charge in [0.05, 0.1) is 30.9 Å². The quantitative estimate of drug-likeness (QED) is 0.565. The van der Waals surface area contributed by atoms with Crippen LogP contribution in [0.15, 0.2) is 41.0 Å². The highest BCUT2D eigenvalue weighted by molar-refractivity contribution is 8.16. The lowest BCUT2D eigenvalue weighted by atomic mass is 10.2. The number of aliphatic imine (C=N–C) groups is 1. The van der Waals surface area contributed by atoms with Crippen molar-refractivity contribution in [1.82, 2.24) is 5.32 Å². The second-order valence-electron chi connectivity index (χ2n) is 6.29. The molecule has 8 nitrogen and oxygen atoms in total. The lowest BCUT2D eigenvalue weighted by Crippen LogP contribution is -2.37. The van der Waals surface area contributed by atoms with Crippen LogP contribution in [0.5, 0.6) is 5.75 Å². The summed E-state index contributed by atoms with van der Waals surface area (Å²) in [5.41, 5.74) is 0.677. The van der Waals surface area contributed by atoms with E-state index in [0.29, 0.717) is 17.5 Å². The predicted molar refractivity (Wildman–Crippen MR) is 109 cm³/mol. The third-order valence-corrected chi connectivity index (χ3v) is 7.65. The molecule has 2 saturated heterocycles. The van der Waals surface area contributed by atoms with Crippen molar-refractivity contribution >= 4 is 38.4 Å². The van der Waals surface area contributed by atoms with E-state index in [-0.39, 0.29) is 28.4 Å². The van der Waals surface area contributed by atoms with E-state index in [1.54, 1.807) is 26.2 Å². The minimum Gasteiger partial charge on any atom is -0.497 e. The Hall–Kier alpha value is -2.51. The van der Waals surface area contributed by atoms with Gasteiger partial charge in [-0.2, -0.15) is 5.26 Å². The molecular formula is C18H20N4O4S2. The summed E-state index contributed by atoms with van der Waals surface area (Å²) in [7, 11) is -1.54. The molecule has 2 heterocycles. The number of methoxy groups -OCH3 is 1. The minimum atomic E-state index is -3.11. The summed E-state index contributed by atoms with van der Waals surface area (Å²) in [6, 6.07) is 8.85. The fraction of sp³-hybridized carbons (Fsp3) is 0.389. The number of sulfone groups is 1. The number of hydrogen-bond acceptors (Lipinski definition) is 7. The Labute approximate surface area is 168 Å². The topological polar surface area (TPSA) is 112 Å². The molecule has 1 aromatic rings. The number of carbonyl (C=O) groups is 1. The number of rotatable bonds is 5. The van der Waals surface area contributed by atoms with E-state index in [4.69, 9.17) is 4.74 Å². The molecule has 2 fully saturated rings. The second-order valence-corrected chi connectivity index (χ2v) is 9.65. The molecule has 0 bridgehead atoms. The van der Waals surface area contributed by atoms with Gasteiger partial charge in [0.2, 0.25) is 0 Å². The van der Waals surface area contributed by atoms with Gasteiger partial charge in [-0.05, 0) is 31.2 Å². The monoisotopic (exact) mass is 420 g/mol. The van der Waals surface area contributed by atoms with Crippen molar-refractivity contribution < 1.29 is 17.9 Å². The van der Waals surface area contributed by atoms with Gasteiger partial charge >= 0.3 is 0 Å². The van der Waals surface area contributed by atoms with E-state index in [1.165, 1.54) is 18.0 Å². The highest BCUT2D eigenvalue weighted by atomic mass is 32.2. The molecule has 2 aliphatic heterocycles. The molecule has 2 atom stereocenters. The highest BCUT2D eigenvalue weighted by Gasteiger charge is 2.49. The summed E-state index contributed by atoms with van der Waals surface area (Å²) in [5.74, 6) is 0.323. The van der Waals surface area contributed by atoms with E-state index >= 15 is 0 Å². The van der Waals surface area contributed by atoms with Crippen LogP contribution in [0.2, 0.25) is 0 Å². The summed E-state index contributed by atoms with van der Waals surface area (Å²) in [6.07, 6.45) is 1.24. The van der Waals surface area contributed by atoms with Crippen molar-refractivity contribution in [3.8, 4) is 11.8 Å². The number of ether oxygens (including phenoxy) is 1. The van der Waals surface area contributed by atoms with E-state index in [1.807, 2.05) is 23.1 Å². The van der Waals surface area contributed by atoms with Gasteiger partial charge in [-0.25, -0.2) is 13.4 Å². The van der Waals surface area contributed by atoms with Gasteiger partial charge in [0.15, 0.2) is 15.0 Å². The maximum absolute atomic E-state index is 12.1. The van der Waals surface area contributed by atoms with Crippen molar-refractivity contribution in [2.24, 2.45) is 4.99 Å². The predicted octanol–water partition coefficient (Wildman–Crippen LogP) is 1.31. The first-order chi connectivity index (χ1) is 13.4. The zero-order valence-electron chi connectivity index (χ0n) is 15.5. The fourth-order valence-corrected chi connectivity index (χ4v) is 7.03. The minimum absolute atomic E-state index is 0.0425. The number of thioether (sulfide) groups is 1. The second kappa shape index (κ2) is 8.24. The molecule has 0 radical (unpaired) electrons. The van der Waals surface area contributed by atoms with E-state index < -0.39 is 15.7 Å². The van der Waals surface area contributed by atoms with Gasteiger partial charge in [-0.15, -0.1) is 0 Å². The van der Waals surface area contributed by atoms with Crippen LogP contribution in [-0.2, 0) is 14.6 Å². The zero-order chi connectivity index (χ0) is 20.3. The lowest BCUT2D eigenvalue weighted by Gasteiger charge is -2.24. The van der Waals surface area contributed by atoms with Crippen LogP contribution in [0.3, 0.4) is 0 Å². The smallest absolute Gasteiger partial charge is 0.263 e. The number of fused-ring (bicyclic) bond motifs is 1. The molecule has 2 aliphatic rings. The molecular weight excluding hydrogens is 400 g/mol. The number of hydrogen-bond donors (Lipinski definition) is 1. The van der Waals surface area contributed by atoms with Gasteiger partial charge in [0.1, 0.15) is 17.4 Å². The summed E-state index contributed by atoms with van der Waals surface area (Å²) >= 11 is 1.35. The van der Waals surface area contributed by atoms with Crippen molar-refractivity contribution in [3.05, 3.63) is 36.0 Å². The molecule has 10 heteroatoms. The molecule has 0 spiro atoms. The van der Waals surface area contributed by atoms with Crippen molar-refractivity contribution in [2.45, 2.75) is 18.2 Å². The molecule has 1 N–H and O–H groups in total. The third kappa shape index (κ3) is 4.15. The number of likely N-dealkylation sites (N-methyl/N-ethyl adjacent to an activating group) is 1. The van der Waals surface area contributed by atoms with E-state index in [0.717, 1.165) is 5.69 Å². The number of amides is 1. The van der Waals surface area contributed by atoms with Crippen molar-refractivity contribution in [2.75, 3.05) is 30.1 Å². The van der Waals surface area contributed by atoms with Crippen molar-refractivity contribution in [3.63, 3.8) is 0 Å². The lowest BCUT2D eigenvalue weighted by molar-refractivity contribution is -0.117. The fourth-order valence-electron chi connectivity index (χ4n) is 3.14. The molecule has 0 aromatic heterocycles. The number of amidine groups is 1. The number of carbonyl (C=O) groups excluding carboxylic acids is 1. The van der Waals surface area contributed by atoms with Crippen LogP contribution in [0.4, 0.5) is 5.69 Å². The largest absolute Gasteiger partial charge is 0.497 e. The third-order valence-electron chi connectivity index (χ3n) is 4.42. The molecule has 148 valence electrons. The Morgan fingerprint density at radius 3 is 2.75 bits per heavy atom. The van der Waals surface area contributed by atoms with Crippen LogP contribution < -0.4 is 15.0 Å². The summed E-state index contributed by atoms with van der Waals surface area (Å²) in [4.78, 5) is 18.1. The number of benzene rings is 1. The maximum atomic E-state index is 12.1. The number of anilines is 1.